The van der Waals surface area contributed by atoms with Gasteiger partial charge in [-0.15, -0.1) is 22.7 Å². The third-order valence-electron chi connectivity index (χ3n) is 3.92. The minimum Gasteiger partial charge on any atom is -0.346 e. The molecule has 3 heterocycles. The van der Waals surface area contributed by atoms with Gasteiger partial charge in [-0.25, -0.2) is 4.98 Å². The lowest BCUT2D eigenvalue weighted by Gasteiger charge is -2.34. The molecule has 1 aliphatic rings. The van der Waals surface area contributed by atoms with Crippen LogP contribution in [0.25, 0.3) is 9.88 Å². The number of aromatic nitrogens is 1. The number of amides is 3. The van der Waals surface area contributed by atoms with E-state index < -0.39 is 11.8 Å². The number of thiophene rings is 1. The summed E-state index contributed by atoms with van der Waals surface area (Å²) >= 11 is 3.04. The van der Waals surface area contributed by atoms with Crippen LogP contribution in [0.15, 0.2) is 22.9 Å². The van der Waals surface area contributed by atoms with Gasteiger partial charge in [0, 0.05) is 37.6 Å². The van der Waals surface area contributed by atoms with Gasteiger partial charge in [-0.1, -0.05) is 6.07 Å². The Hall–Kier alpha value is -2.26. The average molecular weight is 393 g/mol. The first-order chi connectivity index (χ1) is 12.5. The smallest absolute Gasteiger partial charge is 0.312 e. The summed E-state index contributed by atoms with van der Waals surface area (Å²) < 4.78 is 0. The van der Waals surface area contributed by atoms with Gasteiger partial charge in [-0.05, 0) is 25.3 Å². The Morgan fingerprint density at radius 1 is 1.12 bits per heavy atom. The van der Waals surface area contributed by atoms with Crippen LogP contribution >= 0.6 is 22.7 Å². The summed E-state index contributed by atoms with van der Waals surface area (Å²) in [6.45, 7) is 5.09. The van der Waals surface area contributed by atoms with Crippen LogP contribution in [0, 0.1) is 0 Å². The van der Waals surface area contributed by atoms with Crippen molar-refractivity contribution in [3.8, 4) is 9.88 Å². The van der Waals surface area contributed by atoms with E-state index in [2.05, 4.69) is 10.3 Å². The molecule has 2 aromatic rings. The van der Waals surface area contributed by atoms with Crippen LogP contribution in [-0.4, -0.2) is 64.7 Å². The molecule has 7 nitrogen and oxygen atoms in total. The molecule has 9 heteroatoms. The van der Waals surface area contributed by atoms with Crippen molar-refractivity contribution in [2.75, 3.05) is 26.2 Å². The topological polar surface area (TPSA) is 82.6 Å². The molecule has 1 fully saturated rings. The van der Waals surface area contributed by atoms with Crippen molar-refractivity contribution in [2.45, 2.75) is 19.9 Å². The largest absolute Gasteiger partial charge is 0.346 e. The van der Waals surface area contributed by atoms with E-state index in [0.29, 0.717) is 31.9 Å². The van der Waals surface area contributed by atoms with Crippen molar-refractivity contribution in [1.29, 1.82) is 0 Å². The van der Waals surface area contributed by atoms with Crippen molar-refractivity contribution in [2.24, 2.45) is 0 Å². The number of piperazine rings is 1. The van der Waals surface area contributed by atoms with Crippen molar-refractivity contribution in [3.63, 3.8) is 0 Å². The average Bonchev–Trinajstić information content (AvgIpc) is 3.31. The molecular formula is C17H20N4O3S2. The molecule has 0 aromatic carbocycles. The zero-order chi connectivity index (χ0) is 18.7. The van der Waals surface area contributed by atoms with Gasteiger partial charge in [0.2, 0.25) is 0 Å². The number of thiazole rings is 1. The SMILES string of the molecule is CC(C)NC(=O)C(=O)N1CCN(C(=O)c2csc(-c3cccs3)n2)CC1. The van der Waals surface area contributed by atoms with E-state index in [1.54, 1.807) is 35.5 Å². The zero-order valence-corrected chi connectivity index (χ0v) is 16.2. The van der Waals surface area contributed by atoms with Crippen LogP contribution in [0.2, 0.25) is 0 Å². The molecule has 0 saturated carbocycles. The highest BCUT2D eigenvalue weighted by Crippen LogP contribution is 2.28. The van der Waals surface area contributed by atoms with E-state index >= 15 is 0 Å². The van der Waals surface area contributed by atoms with Gasteiger partial charge in [0.15, 0.2) is 0 Å². The Morgan fingerprint density at radius 3 is 2.42 bits per heavy atom. The second-order valence-electron chi connectivity index (χ2n) is 6.23. The van der Waals surface area contributed by atoms with E-state index in [4.69, 9.17) is 0 Å². The normalized spacial score (nSPS) is 14.6. The summed E-state index contributed by atoms with van der Waals surface area (Å²) in [5, 5.41) is 7.18. The minimum atomic E-state index is -0.597. The zero-order valence-electron chi connectivity index (χ0n) is 14.6. The van der Waals surface area contributed by atoms with Gasteiger partial charge in [-0.3, -0.25) is 14.4 Å². The fraction of sp³-hybridized carbons (Fsp3) is 0.412. The fourth-order valence-electron chi connectivity index (χ4n) is 2.63. The molecule has 0 radical (unpaired) electrons. The maximum atomic E-state index is 12.6. The van der Waals surface area contributed by atoms with Gasteiger partial charge < -0.3 is 15.1 Å². The van der Waals surface area contributed by atoms with Gasteiger partial charge in [0.25, 0.3) is 5.91 Å². The maximum absolute atomic E-state index is 12.6. The van der Waals surface area contributed by atoms with E-state index in [1.807, 2.05) is 17.5 Å². The first-order valence-corrected chi connectivity index (χ1v) is 10.1. The predicted molar refractivity (Wildman–Crippen MR) is 101 cm³/mol. The van der Waals surface area contributed by atoms with Crippen LogP contribution in [0.5, 0.6) is 0 Å². The Balaban J connectivity index is 1.57. The fourth-order valence-corrected chi connectivity index (χ4v) is 4.24. The molecule has 0 unspecified atom stereocenters. The first-order valence-electron chi connectivity index (χ1n) is 8.34. The first kappa shape index (κ1) is 18.5. The molecular weight excluding hydrogens is 372 g/mol. The second-order valence-corrected chi connectivity index (χ2v) is 8.03. The van der Waals surface area contributed by atoms with Crippen molar-refractivity contribution >= 4 is 40.4 Å². The van der Waals surface area contributed by atoms with Gasteiger partial charge >= 0.3 is 11.8 Å². The predicted octanol–water partition coefficient (Wildman–Crippen LogP) is 1.68. The Labute approximate surface area is 159 Å². The summed E-state index contributed by atoms with van der Waals surface area (Å²) in [6, 6.07) is 3.84. The highest BCUT2D eigenvalue weighted by Gasteiger charge is 2.29. The Kier molecular flexibility index (Phi) is 5.67. The number of hydrogen-bond acceptors (Lipinski definition) is 6. The van der Waals surface area contributed by atoms with Crippen LogP contribution in [0.3, 0.4) is 0 Å². The quantitative estimate of drug-likeness (QED) is 0.806. The molecule has 3 rings (SSSR count). The number of nitrogens with zero attached hydrogens (tertiary/aromatic N) is 3. The van der Waals surface area contributed by atoms with E-state index in [9.17, 15) is 14.4 Å². The summed E-state index contributed by atoms with van der Waals surface area (Å²) in [7, 11) is 0. The minimum absolute atomic E-state index is 0.0866. The van der Waals surface area contributed by atoms with Crippen molar-refractivity contribution < 1.29 is 14.4 Å². The highest BCUT2D eigenvalue weighted by molar-refractivity contribution is 7.20. The van der Waals surface area contributed by atoms with E-state index in [0.717, 1.165) is 9.88 Å². The summed E-state index contributed by atoms with van der Waals surface area (Å²) in [5.74, 6) is -1.28. The Bertz CT molecular complexity index is 793. The lowest BCUT2D eigenvalue weighted by atomic mass is 10.2. The monoisotopic (exact) mass is 392 g/mol. The number of nitrogens with one attached hydrogen (secondary N) is 1. The standard InChI is InChI=1S/C17H20N4O3S2/c1-11(2)18-14(22)17(24)21-7-5-20(6-8-21)16(23)12-10-26-15(19-12)13-4-3-9-25-13/h3-4,9-11H,5-8H2,1-2H3,(H,18,22). The molecule has 1 aliphatic heterocycles. The van der Waals surface area contributed by atoms with Gasteiger partial charge in [0.1, 0.15) is 10.7 Å². The molecule has 138 valence electrons. The highest BCUT2D eigenvalue weighted by atomic mass is 32.1. The van der Waals surface area contributed by atoms with Crippen LogP contribution in [-0.2, 0) is 9.59 Å². The summed E-state index contributed by atoms with van der Waals surface area (Å²) in [5.41, 5.74) is 0.427. The number of carbonyl (C=O) groups excluding carboxylic acids is 3. The molecule has 1 N–H and O–H groups in total. The third-order valence-corrected chi connectivity index (χ3v) is 5.80. The second kappa shape index (κ2) is 7.96. The van der Waals surface area contributed by atoms with Crippen molar-refractivity contribution in [3.05, 3.63) is 28.6 Å². The van der Waals surface area contributed by atoms with Crippen molar-refractivity contribution in [1.82, 2.24) is 20.1 Å². The molecule has 3 amide bonds. The molecule has 0 bridgehead atoms. The van der Waals surface area contributed by atoms with Crippen LogP contribution < -0.4 is 5.32 Å². The molecule has 26 heavy (non-hydrogen) atoms. The number of rotatable bonds is 3. The molecule has 0 spiro atoms. The van der Waals surface area contributed by atoms with E-state index in [1.165, 1.54) is 16.2 Å². The maximum Gasteiger partial charge on any atom is 0.312 e. The lowest BCUT2D eigenvalue weighted by Crippen LogP contribution is -2.54. The Morgan fingerprint density at radius 2 is 1.81 bits per heavy atom. The van der Waals surface area contributed by atoms with Crippen LogP contribution in [0.1, 0.15) is 24.3 Å². The van der Waals surface area contributed by atoms with E-state index in [-0.39, 0.29) is 11.9 Å². The third kappa shape index (κ3) is 4.10. The van der Waals surface area contributed by atoms with Crippen LogP contribution in [0.4, 0.5) is 0 Å². The molecule has 0 aliphatic carbocycles. The van der Waals surface area contributed by atoms with Gasteiger partial charge in [0.05, 0.1) is 4.88 Å². The summed E-state index contributed by atoms with van der Waals surface area (Å²) in [4.78, 5) is 45.2. The number of hydrogen-bond donors (Lipinski definition) is 1. The molecule has 0 atom stereocenters. The van der Waals surface area contributed by atoms with Gasteiger partial charge in [-0.2, -0.15) is 0 Å². The number of carbonyl (C=O) groups is 3. The molecule has 1 saturated heterocycles. The lowest BCUT2D eigenvalue weighted by molar-refractivity contribution is -0.147. The summed E-state index contributed by atoms with van der Waals surface area (Å²) in [6.07, 6.45) is 0. The molecule has 2 aromatic heterocycles.